The molecule has 0 atom stereocenters. The van der Waals surface area contributed by atoms with Crippen molar-refractivity contribution in [3.05, 3.63) is 60.0 Å². The molecule has 0 bridgehead atoms. The van der Waals surface area contributed by atoms with Crippen molar-refractivity contribution in [3.8, 4) is 11.3 Å². The van der Waals surface area contributed by atoms with Gasteiger partial charge in [0.05, 0.1) is 17.6 Å². The first kappa shape index (κ1) is 10.9. The van der Waals surface area contributed by atoms with Gasteiger partial charge in [0.2, 0.25) is 0 Å². The van der Waals surface area contributed by atoms with Crippen LogP contribution in [0, 0.1) is 13.8 Å². The van der Waals surface area contributed by atoms with Crippen molar-refractivity contribution in [2.45, 2.75) is 13.8 Å². The lowest BCUT2D eigenvalue weighted by Gasteiger charge is -2.04. The molecular weight excluding hydrogens is 220 g/mol. The van der Waals surface area contributed by atoms with Gasteiger partial charge in [-0.25, -0.2) is 0 Å². The van der Waals surface area contributed by atoms with Gasteiger partial charge >= 0.3 is 0 Å². The molecule has 2 aromatic carbocycles. The van der Waals surface area contributed by atoms with Crippen LogP contribution in [-0.4, -0.2) is 9.97 Å². The third kappa shape index (κ3) is 1.97. The summed E-state index contributed by atoms with van der Waals surface area (Å²) >= 11 is 0. The van der Waals surface area contributed by atoms with E-state index in [-0.39, 0.29) is 0 Å². The molecule has 0 aliphatic heterocycles. The fourth-order valence-electron chi connectivity index (χ4n) is 2.07. The summed E-state index contributed by atoms with van der Waals surface area (Å²) in [5.41, 5.74) is 4.25. The predicted molar refractivity (Wildman–Crippen MR) is 74.4 cm³/mol. The number of rotatable bonds is 1. The van der Waals surface area contributed by atoms with Gasteiger partial charge in [0, 0.05) is 11.8 Å². The Hall–Kier alpha value is -2.22. The minimum atomic E-state index is 0.920. The molecule has 0 radical (unpaired) electrons. The van der Waals surface area contributed by atoms with Crippen LogP contribution in [0.4, 0.5) is 0 Å². The van der Waals surface area contributed by atoms with Crippen molar-refractivity contribution in [1.29, 1.82) is 0 Å². The zero-order valence-electron chi connectivity index (χ0n) is 10.5. The smallest absolute Gasteiger partial charge is 0.0885 e. The molecule has 0 saturated heterocycles. The Labute approximate surface area is 106 Å². The summed E-state index contributed by atoms with van der Waals surface area (Å²) in [6, 6.07) is 12.9. The average Bonchev–Trinajstić information content (AvgIpc) is 2.39. The molecule has 0 amide bonds. The fraction of sp³-hybridized carbons (Fsp3) is 0.125. The van der Waals surface area contributed by atoms with Crippen LogP contribution in [0.3, 0.4) is 0 Å². The van der Waals surface area contributed by atoms with Crippen LogP contribution in [0.2, 0.25) is 0 Å². The Kier molecular flexibility index (Phi) is 2.56. The SMILES string of the molecule is Cc1ccc2cc(-c3cnc(C)cn3)ccc2c1. The van der Waals surface area contributed by atoms with E-state index >= 15 is 0 Å². The zero-order chi connectivity index (χ0) is 12.5. The molecule has 1 aromatic heterocycles. The van der Waals surface area contributed by atoms with E-state index in [2.05, 4.69) is 53.3 Å². The van der Waals surface area contributed by atoms with Crippen molar-refractivity contribution < 1.29 is 0 Å². The standard InChI is InChI=1S/C16H14N2/c1-11-3-4-14-8-15(6-5-13(14)7-11)16-10-17-12(2)9-18-16/h3-10H,1-2H3. The monoisotopic (exact) mass is 234 g/mol. The molecular formula is C16H14N2. The summed E-state index contributed by atoms with van der Waals surface area (Å²) in [5, 5.41) is 2.50. The third-order valence-electron chi connectivity index (χ3n) is 3.07. The molecule has 3 aromatic rings. The molecule has 0 N–H and O–H groups in total. The van der Waals surface area contributed by atoms with Gasteiger partial charge in [-0.2, -0.15) is 0 Å². The van der Waals surface area contributed by atoms with E-state index in [0.717, 1.165) is 17.0 Å². The average molecular weight is 234 g/mol. The minimum Gasteiger partial charge on any atom is -0.258 e. The molecule has 0 saturated carbocycles. The third-order valence-corrected chi connectivity index (χ3v) is 3.07. The molecule has 0 spiro atoms. The topological polar surface area (TPSA) is 25.8 Å². The van der Waals surface area contributed by atoms with Crippen molar-refractivity contribution in [2.75, 3.05) is 0 Å². The van der Waals surface area contributed by atoms with Gasteiger partial charge in [0.25, 0.3) is 0 Å². The van der Waals surface area contributed by atoms with Crippen molar-refractivity contribution >= 4 is 10.8 Å². The maximum atomic E-state index is 4.41. The van der Waals surface area contributed by atoms with Crippen LogP contribution in [0.5, 0.6) is 0 Å². The summed E-state index contributed by atoms with van der Waals surface area (Å²) in [6.45, 7) is 4.05. The van der Waals surface area contributed by atoms with Gasteiger partial charge in [-0.05, 0) is 30.7 Å². The highest BCUT2D eigenvalue weighted by Crippen LogP contribution is 2.23. The number of benzene rings is 2. The summed E-state index contributed by atoms with van der Waals surface area (Å²) in [7, 11) is 0. The number of hydrogen-bond acceptors (Lipinski definition) is 2. The molecule has 18 heavy (non-hydrogen) atoms. The largest absolute Gasteiger partial charge is 0.258 e. The van der Waals surface area contributed by atoms with Gasteiger partial charge in [-0.1, -0.05) is 35.9 Å². The Bertz CT molecular complexity index is 700. The summed E-state index contributed by atoms with van der Waals surface area (Å²) in [4.78, 5) is 8.70. The van der Waals surface area contributed by atoms with E-state index < -0.39 is 0 Å². The highest BCUT2D eigenvalue weighted by molar-refractivity contribution is 5.87. The molecule has 1 heterocycles. The zero-order valence-corrected chi connectivity index (χ0v) is 10.5. The van der Waals surface area contributed by atoms with E-state index in [4.69, 9.17) is 0 Å². The Balaban J connectivity index is 2.13. The summed E-state index contributed by atoms with van der Waals surface area (Å²) in [5.74, 6) is 0. The maximum absolute atomic E-state index is 4.41. The first-order valence-corrected chi connectivity index (χ1v) is 6.02. The van der Waals surface area contributed by atoms with Gasteiger partial charge < -0.3 is 0 Å². The number of aromatic nitrogens is 2. The Morgan fingerprint density at radius 2 is 1.56 bits per heavy atom. The van der Waals surface area contributed by atoms with Crippen LogP contribution < -0.4 is 0 Å². The second-order valence-corrected chi connectivity index (χ2v) is 4.61. The molecule has 0 aliphatic rings. The van der Waals surface area contributed by atoms with E-state index in [1.54, 1.807) is 6.20 Å². The number of fused-ring (bicyclic) bond motifs is 1. The summed E-state index contributed by atoms with van der Waals surface area (Å²) < 4.78 is 0. The van der Waals surface area contributed by atoms with Crippen LogP contribution >= 0.6 is 0 Å². The molecule has 0 unspecified atom stereocenters. The lowest BCUT2D eigenvalue weighted by Crippen LogP contribution is -1.88. The van der Waals surface area contributed by atoms with Gasteiger partial charge in [0.15, 0.2) is 0 Å². The van der Waals surface area contributed by atoms with Gasteiger partial charge in [-0.3, -0.25) is 9.97 Å². The normalized spacial score (nSPS) is 10.8. The maximum Gasteiger partial charge on any atom is 0.0885 e. The van der Waals surface area contributed by atoms with Gasteiger partial charge in [-0.15, -0.1) is 0 Å². The molecule has 2 heteroatoms. The minimum absolute atomic E-state index is 0.920. The van der Waals surface area contributed by atoms with Crippen molar-refractivity contribution in [1.82, 2.24) is 9.97 Å². The molecule has 0 fully saturated rings. The lowest BCUT2D eigenvalue weighted by atomic mass is 10.0. The lowest BCUT2D eigenvalue weighted by molar-refractivity contribution is 1.12. The Morgan fingerprint density at radius 1 is 0.778 bits per heavy atom. The van der Waals surface area contributed by atoms with Crippen molar-refractivity contribution in [3.63, 3.8) is 0 Å². The van der Waals surface area contributed by atoms with Gasteiger partial charge in [0.1, 0.15) is 0 Å². The number of hydrogen-bond donors (Lipinski definition) is 0. The quantitative estimate of drug-likeness (QED) is 0.638. The van der Waals surface area contributed by atoms with Crippen LogP contribution in [-0.2, 0) is 0 Å². The summed E-state index contributed by atoms with van der Waals surface area (Å²) in [6.07, 6.45) is 3.62. The molecule has 0 aliphatic carbocycles. The van der Waals surface area contributed by atoms with Crippen LogP contribution in [0.1, 0.15) is 11.3 Å². The number of aryl methyl sites for hydroxylation is 2. The highest BCUT2D eigenvalue weighted by Gasteiger charge is 2.01. The molecule has 2 nitrogen and oxygen atoms in total. The Morgan fingerprint density at radius 3 is 2.33 bits per heavy atom. The second-order valence-electron chi connectivity index (χ2n) is 4.61. The van der Waals surface area contributed by atoms with Crippen LogP contribution in [0.25, 0.3) is 22.0 Å². The van der Waals surface area contributed by atoms with Crippen LogP contribution in [0.15, 0.2) is 48.8 Å². The highest BCUT2D eigenvalue weighted by atomic mass is 14.8. The molecule has 88 valence electrons. The first-order valence-electron chi connectivity index (χ1n) is 6.02. The molecule has 3 rings (SSSR count). The fourth-order valence-corrected chi connectivity index (χ4v) is 2.07. The van der Waals surface area contributed by atoms with Crippen molar-refractivity contribution in [2.24, 2.45) is 0 Å². The first-order chi connectivity index (χ1) is 8.72. The number of nitrogens with zero attached hydrogens (tertiary/aromatic N) is 2. The van der Waals surface area contributed by atoms with E-state index in [0.29, 0.717) is 0 Å². The van der Waals surface area contributed by atoms with E-state index in [1.807, 2.05) is 13.1 Å². The van der Waals surface area contributed by atoms with E-state index in [9.17, 15) is 0 Å². The van der Waals surface area contributed by atoms with E-state index in [1.165, 1.54) is 16.3 Å². The predicted octanol–water partition coefficient (Wildman–Crippen LogP) is 3.91. The second kappa shape index (κ2) is 4.22.